The van der Waals surface area contributed by atoms with Crippen LogP contribution in [0.5, 0.6) is 5.75 Å². The fourth-order valence-corrected chi connectivity index (χ4v) is 2.37. The SMILES string of the molecule is CC(C)CC(CNC(=O)C(C)Oc1ccccc1Br)C(=O)O. The molecule has 0 aliphatic rings. The van der Waals surface area contributed by atoms with Crippen LogP contribution in [0.2, 0.25) is 0 Å². The van der Waals surface area contributed by atoms with E-state index >= 15 is 0 Å². The average molecular weight is 372 g/mol. The lowest BCUT2D eigenvalue weighted by Gasteiger charge is -2.18. The van der Waals surface area contributed by atoms with Crippen molar-refractivity contribution in [2.75, 3.05) is 6.54 Å². The van der Waals surface area contributed by atoms with Crippen molar-refractivity contribution < 1.29 is 19.4 Å². The normalized spacial score (nSPS) is 13.5. The quantitative estimate of drug-likeness (QED) is 0.736. The summed E-state index contributed by atoms with van der Waals surface area (Å²) in [5.74, 6) is -0.979. The van der Waals surface area contributed by atoms with Gasteiger partial charge in [-0.3, -0.25) is 9.59 Å². The maximum atomic E-state index is 12.0. The molecule has 1 aromatic rings. The van der Waals surface area contributed by atoms with E-state index in [4.69, 9.17) is 9.84 Å². The van der Waals surface area contributed by atoms with E-state index in [1.165, 1.54) is 0 Å². The van der Waals surface area contributed by atoms with E-state index < -0.39 is 18.0 Å². The van der Waals surface area contributed by atoms with Crippen LogP contribution in [-0.2, 0) is 9.59 Å². The summed E-state index contributed by atoms with van der Waals surface area (Å²) >= 11 is 3.35. The molecular formula is C16H22BrNO4. The van der Waals surface area contributed by atoms with Gasteiger partial charge in [0.15, 0.2) is 6.10 Å². The van der Waals surface area contributed by atoms with Gasteiger partial charge in [0, 0.05) is 6.54 Å². The van der Waals surface area contributed by atoms with Crippen LogP contribution in [0.15, 0.2) is 28.7 Å². The van der Waals surface area contributed by atoms with Crippen LogP contribution in [0.25, 0.3) is 0 Å². The number of hydrogen-bond donors (Lipinski definition) is 2. The fraction of sp³-hybridized carbons (Fsp3) is 0.500. The number of para-hydroxylation sites is 1. The molecule has 0 aliphatic carbocycles. The second-order valence-corrected chi connectivity index (χ2v) is 6.45. The molecule has 0 aliphatic heterocycles. The number of ether oxygens (including phenoxy) is 1. The van der Waals surface area contributed by atoms with Gasteiger partial charge in [-0.05, 0) is 47.3 Å². The molecule has 2 unspecified atom stereocenters. The first-order valence-electron chi connectivity index (χ1n) is 7.23. The number of carbonyl (C=O) groups excluding carboxylic acids is 1. The molecule has 0 fully saturated rings. The van der Waals surface area contributed by atoms with Crippen molar-refractivity contribution in [3.05, 3.63) is 28.7 Å². The van der Waals surface area contributed by atoms with E-state index in [0.29, 0.717) is 12.2 Å². The van der Waals surface area contributed by atoms with E-state index in [1.54, 1.807) is 13.0 Å². The third-order valence-corrected chi connectivity index (χ3v) is 3.79. The Bertz CT molecular complexity index is 519. The molecule has 0 saturated carbocycles. The molecule has 2 N–H and O–H groups in total. The van der Waals surface area contributed by atoms with Crippen LogP contribution in [0.1, 0.15) is 27.2 Å². The number of amides is 1. The largest absolute Gasteiger partial charge is 0.481 e. The van der Waals surface area contributed by atoms with Crippen molar-refractivity contribution in [3.63, 3.8) is 0 Å². The van der Waals surface area contributed by atoms with Crippen molar-refractivity contribution in [2.24, 2.45) is 11.8 Å². The lowest BCUT2D eigenvalue weighted by atomic mass is 9.97. The second-order valence-electron chi connectivity index (χ2n) is 5.60. The average Bonchev–Trinajstić information content (AvgIpc) is 2.44. The van der Waals surface area contributed by atoms with Crippen LogP contribution < -0.4 is 10.1 Å². The van der Waals surface area contributed by atoms with E-state index in [1.807, 2.05) is 32.0 Å². The van der Waals surface area contributed by atoms with Gasteiger partial charge >= 0.3 is 5.97 Å². The van der Waals surface area contributed by atoms with Crippen LogP contribution in [-0.4, -0.2) is 29.6 Å². The lowest BCUT2D eigenvalue weighted by Crippen LogP contribution is -2.40. The number of carboxylic acids is 1. The van der Waals surface area contributed by atoms with E-state index in [-0.39, 0.29) is 18.4 Å². The molecule has 22 heavy (non-hydrogen) atoms. The molecule has 1 amide bonds. The second kappa shape index (κ2) is 8.78. The Labute approximate surface area is 139 Å². The van der Waals surface area contributed by atoms with Crippen molar-refractivity contribution >= 4 is 27.8 Å². The monoisotopic (exact) mass is 371 g/mol. The molecule has 5 nitrogen and oxygen atoms in total. The maximum Gasteiger partial charge on any atom is 0.308 e. The van der Waals surface area contributed by atoms with Gasteiger partial charge in [-0.2, -0.15) is 0 Å². The summed E-state index contributed by atoms with van der Waals surface area (Å²) in [6, 6.07) is 7.24. The minimum absolute atomic E-state index is 0.107. The summed E-state index contributed by atoms with van der Waals surface area (Å²) in [7, 11) is 0. The van der Waals surface area contributed by atoms with Gasteiger partial charge in [0.1, 0.15) is 5.75 Å². The van der Waals surface area contributed by atoms with Crippen molar-refractivity contribution in [2.45, 2.75) is 33.3 Å². The highest BCUT2D eigenvalue weighted by Crippen LogP contribution is 2.24. The number of carboxylic acid groups (broad SMARTS) is 1. The number of aliphatic carboxylic acids is 1. The number of hydrogen-bond acceptors (Lipinski definition) is 3. The predicted molar refractivity (Wildman–Crippen MR) is 87.8 cm³/mol. The Hall–Kier alpha value is -1.56. The first kappa shape index (κ1) is 18.5. The number of rotatable bonds is 8. The first-order valence-corrected chi connectivity index (χ1v) is 8.02. The smallest absolute Gasteiger partial charge is 0.308 e. The van der Waals surface area contributed by atoms with Gasteiger partial charge in [-0.1, -0.05) is 26.0 Å². The van der Waals surface area contributed by atoms with Crippen LogP contribution in [0.3, 0.4) is 0 Å². The number of nitrogens with one attached hydrogen (secondary N) is 1. The van der Waals surface area contributed by atoms with Crippen molar-refractivity contribution in [1.82, 2.24) is 5.32 Å². The van der Waals surface area contributed by atoms with Crippen LogP contribution >= 0.6 is 15.9 Å². The summed E-state index contributed by atoms with van der Waals surface area (Å²) in [6.45, 7) is 5.65. The van der Waals surface area contributed by atoms with Gasteiger partial charge in [0.05, 0.1) is 10.4 Å². The highest BCUT2D eigenvalue weighted by atomic mass is 79.9. The van der Waals surface area contributed by atoms with E-state index in [2.05, 4.69) is 21.2 Å². The summed E-state index contributed by atoms with van der Waals surface area (Å²) in [4.78, 5) is 23.2. The Morgan fingerprint density at radius 2 is 1.91 bits per heavy atom. The molecular weight excluding hydrogens is 350 g/mol. The molecule has 0 bridgehead atoms. The van der Waals surface area contributed by atoms with Crippen molar-refractivity contribution in [1.29, 1.82) is 0 Å². The molecule has 0 spiro atoms. The minimum atomic E-state index is -0.895. The minimum Gasteiger partial charge on any atom is -0.481 e. The molecule has 1 rings (SSSR count). The summed E-state index contributed by atoms with van der Waals surface area (Å²) in [5.41, 5.74) is 0. The molecule has 2 atom stereocenters. The number of carbonyl (C=O) groups is 2. The standard InChI is InChI=1S/C16H22BrNO4/c1-10(2)8-12(16(20)21)9-18-15(19)11(3)22-14-7-5-4-6-13(14)17/h4-7,10-12H,8-9H2,1-3H3,(H,18,19)(H,20,21). The molecule has 1 aromatic carbocycles. The zero-order chi connectivity index (χ0) is 16.7. The highest BCUT2D eigenvalue weighted by Gasteiger charge is 2.22. The third-order valence-electron chi connectivity index (χ3n) is 3.14. The van der Waals surface area contributed by atoms with Gasteiger partial charge in [0.2, 0.25) is 0 Å². The lowest BCUT2D eigenvalue weighted by molar-refractivity contribution is -0.142. The topological polar surface area (TPSA) is 75.6 Å². The number of benzene rings is 1. The molecule has 0 radical (unpaired) electrons. The summed E-state index contributed by atoms with van der Waals surface area (Å²) < 4.78 is 6.34. The Balaban J connectivity index is 2.53. The summed E-state index contributed by atoms with van der Waals surface area (Å²) in [6.07, 6.45) is -0.179. The van der Waals surface area contributed by atoms with Crippen molar-refractivity contribution in [3.8, 4) is 5.75 Å². The molecule has 0 heterocycles. The first-order chi connectivity index (χ1) is 10.3. The fourth-order valence-electron chi connectivity index (χ4n) is 1.99. The number of halogens is 1. The Morgan fingerprint density at radius 1 is 1.27 bits per heavy atom. The molecule has 122 valence electrons. The zero-order valence-corrected chi connectivity index (χ0v) is 14.6. The van der Waals surface area contributed by atoms with Gasteiger partial charge in [-0.15, -0.1) is 0 Å². The molecule has 6 heteroatoms. The van der Waals surface area contributed by atoms with Gasteiger partial charge in [0.25, 0.3) is 5.91 Å². The van der Waals surface area contributed by atoms with Gasteiger partial charge in [-0.25, -0.2) is 0 Å². The Kier molecular flexibility index (Phi) is 7.38. The van der Waals surface area contributed by atoms with E-state index in [9.17, 15) is 9.59 Å². The van der Waals surface area contributed by atoms with E-state index in [0.717, 1.165) is 4.47 Å². The van der Waals surface area contributed by atoms with Crippen LogP contribution in [0, 0.1) is 11.8 Å². The summed E-state index contributed by atoms with van der Waals surface area (Å²) in [5, 5.41) is 11.8. The molecule has 0 saturated heterocycles. The molecule has 0 aromatic heterocycles. The maximum absolute atomic E-state index is 12.0. The third kappa shape index (κ3) is 6.05. The highest BCUT2D eigenvalue weighted by molar-refractivity contribution is 9.10. The Morgan fingerprint density at radius 3 is 2.45 bits per heavy atom. The predicted octanol–water partition coefficient (Wildman–Crippen LogP) is 3.08. The zero-order valence-electron chi connectivity index (χ0n) is 13.0. The van der Waals surface area contributed by atoms with Crippen LogP contribution in [0.4, 0.5) is 0 Å². The van der Waals surface area contributed by atoms with Gasteiger partial charge < -0.3 is 15.2 Å².